The maximum absolute atomic E-state index is 13.8. The van der Waals surface area contributed by atoms with Crippen molar-refractivity contribution in [2.24, 2.45) is 5.92 Å². The Hall–Kier alpha value is -2.17. The lowest BCUT2D eigenvalue weighted by Gasteiger charge is -2.30. The number of aromatic nitrogens is 2. The summed E-state index contributed by atoms with van der Waals surface area (Å²) in [6.07, 6.45) is 8.89. The van der Waals surface area contributed by atoms with Gasteiger partial charge >= 0.3 is 5.97 Å². The van der Waals surface area contributed by atoms with E-state index in [4.69, 9.17) is 4.74 Å². The summed E-state index contributed by atoms with van der Waals surface area (Å²) in [5.74, 6) is 0.860. The Kier molecular flexibility index (Phi) is 6.26. The van der Waals surface area contributed by atoms with Crippen molar-refractivity contribution in [3.63, 3.8) is 0 Å². The summed E-state index contributed by atoms with van der Waals surface area (Å²) in [4.78, 5) is 12.2. The zero-order chi connectivity index (χ0) is 21.3. The molecule has 1 saturated carbocycles. The third-order valence-corrected chi connectivity index (χ3v) is 7.27. The number of fused-ring (bicyclic) bond motifs is 1. The third kappa shape index (κ3) is 4.03. The van der Waals surface area contributed by atoms with Gasteiger partial charge in [0.15, 0.2) is 5.69 Å². The highest BCUT2D eigenvalue weighted by atomic mass is 19.1. The fourth-order valence-electron chi connectivity index (χ4n) is 5.38. The summed E-state index contributed by atoms with van der Waals surface area (Å²) in [7, 11) is 0. The number of aryl methyl sites for hydroxylation is 1. The van der Waals surface area contributed by atoms with Crippen LogP contribution < -0.4 is 0 Å². The SMILES string of the molecule is CCOC(=O)c1nn(CCC2CCC(c3ccc(F)c(C)c3C)CC2)c2c1CCC2. The number of esters is 1. The van der Waals surface area contributed by atoms with Crippen molar-refractivity contribution in [2.75, 3.05) is 6.61 Å². The van der Waals surface area contributed by atoms with Crippen molar-refractivity contribution in [1.82, 2.24) is 9.78 Å². The van der Waals surface area contributed by atoms with E-state index in [1.807, 2.05) is 19.9 Å². The van der Waals surface area contributed by atoms with E-state index in [0.29, 0.717) is 24.1 Å². The average molecular weight is 413 g/mol. The molecule has 1 heterocycles. The Bertz CT molecular complexity index is 926. The van der Waals surface area contributed by atoms with Crippen molar-refractivity contribution < 1.29 is 13.9 Å². The number of carbonyl (C=O) groups is 1. The minimum absolute atomic E-state index is 0.0983. The molecule has 0 spiro atoms. The molecule has 5 heteroatoms. The smallest absolute Gasteiger partial charge is 0.359 e. The maximum Gasteiger partial charge on any atom is 0.359 e. The number of hydrogen-bond donors (Lipinski definition) is 0. The lowest BCUT2D eigenvalue weighted by Crippen LogP contribution is -2.17. The molecule has 1 fully saturated rings. The largest absolute Gasteiger partial charge is 0.461 e. The number of nitrogens with zero attached hydrogens (tertiary/aromatic N) is 2. The van der Waals surface area contributed by atoms with E-state index >= 15 is 0 Å². The molecular formula is C25H33FN2O2. The highest BCUT2D eigenvalue weighted by Crippen LogP contribution is 2.39. The highest BCUT2D eigenvalue weighted by Gasteiger charge is 2.28. The molecule has 1 aromatic carbocycles. The summed E-state index contributed by atoms with van der Waals surface area (Å²) in [5.41, 5.74) is 6.13. The first-order valence-electron chi connectivity index (χ1n) is 11.5. The average Bonchev–Trinajstić information content (AvgIpc) is 3.35. The first-order valence-corrected chi connectivity index (χ1v) is 11.5. The molecule has 0 atom stereocenters. The zero-order valence-corrected chi connectivity index (χ0v) is 18.5. The maximum atomic E-state index is 13.8. The molecule has 4 rings (SSSR count). The van der Waals surface area contributed by atoms with Crippen molar-refractivity contribution in [3.8, 4) is 0 Å². The number of halogens is 1. The van der Waals surface area contributed by atoms with Crippen LogP contribution in [0.15, 0.2) is 12.1 Å². The van der Waals surface area contributed by atoms with Gasteiger partial charge in [-0.2, -0.15) is 5.10 Å². The fourth-order valence-corrected chi connectivity index (χ4v) is 5.38. The predicted molar refractivity (Wildman–Crippen MR) is 115 cm³/mol. The quantitative estimate of drug-likeness (QED) is 0.574. The van der Waals surface area contributed by atoms with Gasteiger partial charge in [-0.3, -0.25) is 4.68 Å². The minimum atomic E-state index is -0.278. The molecule has 2 aliphatic rings. The summed E-state index contributed by atoms with van der Waals surface area (Å²) in [5, 5.41) is 4.63. The first-order chi connectivity index (χ1) is 14.5. The van der Waals surface area contributed by atoms with Crippen LogP contribution in [-0.2, 0) is 24.1 Å². The molecule has 1 aromatic heterocycles. The zero-order valence-electron chi connectivity index (χ0n) is 18.5. The van der Waals surface area contributed by atoms with Crippen LogP contribution in [0.5, 0.6) is 0 Å². The Labute approximate surface area is 178 Å². The van der Waals surface area contributed by atoms with E-state index in [2.05, 4.69) is 16.7 Å². The summed E-state index contributed by atoms with van der Waals surface area (Å²) in [6.45, 7) is 7.04. The number of ether oxygens (including phenoxy) is 1. The van der Waals surface area contributed by atoms with E-state index in [9.17, 15) is 9.18 Å². The van der Waals surface area contributed by atoms with Crippen molar-refractivity contribution >= 4 is 5.97 Å². The normalized spacial score (nSPS) is 20.9. The van der Waals surface area contributed by atoms with Crippen LogP contribution in [0.2, 0.25) is 0 Å². The predicted octanol–water partition coefficient (Wildman–Crippen LogP) is 5.67. The number of carbonyl (C=O) groups excluding carboxylic acids is 1. The molecule has 0 amide bonds. The Morgan fingerprint density at radius 3 is 2.67 bits per heavy atom. The van der Waals surface area contributed by atoms with Crippen LogP contribution in [0.4, 0.5) is 4.39 Å². The minimum Gasteiger partial charge on any atom is -0.461 e. The van der Waals surface area contributed by atoms with Crippen molar-refractivity contribution in [3.05, 3.63) is 51.6 Å². The summed E-state index contributed by atoms with van der Waals surface area (Å²) in [6, 6.07) is 3.62. The molecule has 0 radical (unpaired) electrons. The molecular weight excluding hydrogens is 379 g/mol. The Morgan fingerprint density at radius 2 is 1.93 bits per heavy atom. The van der Waals surface area contributed by atoms with E-state index in [-0.39, 0.29) is 11.8 Å². The summed E-state index contributed by atoms with van der Waals surface area (Å²) >= 11 is 0. The molecule has 0 bridgehead atoms. The topological polar surface area (TPSA) is 44.1 Å². The number of hydrogen-bond acceptors (Lipinski definition) is 3. The first kappa shape index (κ1) is 21.1. The third-order valence-electron chi connectivity index (χ3n) is 7.27. The van der Waals surface area contributed by atoms with Gasteiger partial charge in [-0.05, 0) is 107 Å². The van der Waals surface area contributed by atoms with Gasteiger partial charge in [-0.15, -0.1) is 0 Å². The van der Waals surface area contributed by atoms with Crippen LogP contribution in [0.25, 0.3) is 0 Å². The van der Waals surface area contributed by atoms with Gasteiger partial charge in [0.05, 0.1) is 6.61 Å². The van der Waals surface area contributed by atoms with Gasteiger partial charge in [0.25, 0.3) is 0 Å². The number of benzene rings is 1. The lowest BCUT2D eigenvalue weighted by atomic mass is 9.76. The Balaban J connectivity index is 1.36. The van der Waals surface area contributed by atoms with Crippen LogP contribution >= 0.6 is 0 Å². The van der Waals surface area contributed by atoms with Gasteiger partial charge in [-0.25, -0.2) is 9.18 Å². The van der Waals surface area contributed by atoms with E-state index in [1.54, 1.807) is 6.07 Å². The van der Waals surface area contributed by atoms with Crippen molar-refractivity contribution in [1.29, 1.82) is 0 Å². The summed E-state index contributed by atoms with van der Waals surface area (Å²) < 4.78 is 21.1. The lowest BCUT2D eigenvalue weighted by molar-refractivity contribution is 0.0517. The van der Waals surface area contributed by atoms with E-state index in [1.165, 1.54) is 36.9 Å². The van der Waals surface area contributed by atoms with Crippen molar-refractivity contribution in [2.45, 2.75) is 84.6 Å². The molecule has 30 heavy (non-hydrogen) atoms. The highest BCUT2D eigenvalue weighted by molar-refractivity contribution is 5.89. The van der Waals surface area contributed by atoms with Gasteiger partial charge < -0.3 is 4.74 Å². The molecule has 2 aliphatic carbocycles. The molecule has 0 saturated heterocycles. The Morgan fingerprint density at radius 1 is 1.17 bits per heavy atom. The van der Waals surface area contributed by atoms with Crippen LogP contribution in [0.3, 0.4) is 0 Å². The second-order valence-corrected chi connectivity index (χ2v) is 8.96. The molecule has 0 unspecified atom stereocenters. The standard InChI is InChI=1S/C25H33FN2O2/c1-4-30-25(29)24-21-6-5-7-23(21)28(27-24)15-14-18-8-10-19(11-9-18)20-12-13-22(26)17(3)16(20)2/h12-13,18-19H,4-11,14-15H2,1-3H3. The van der Waals surface area contributed by atoms with Gasteiger partial charge in [-0.1, -0.05) is 6.07 Å². The van der Waals surface area contributed by atoms with Crippen LogP contribution in [0.1, 0.15) is 89.8 Å². The fraction of sp³-hybridized carbons (Fsp3) is 0.600. The molecule has 4 nitrogen and oxygen atoms in total. The second kappa shape index (κ2) is 8.91. The van der Waals surface area contributed by atoms with Crippen LogP contribution in [0, 0.1) is 25.6 Å². The van der Waals surface area contributed by atoms with Gasteiger partial charge in [0.1, 0.15) is 5.82 Å². The number of rotatable bonds is 6. The van der Waals surface area contributed by atoms with Gasteiger partial charge in [0.2, 0.25) is 0 Å². The van der Waals surface area contributed by atoms with Gasteiger partial charge in [0, 0.05) is 17.8 Å². The monoisotopic (exact) mass is 412 g/mol. The molecule has 0 N–H and O–H groups in total. The second-order valence-electron chi connectivity index (χ2n) is 8.96. The van der Waals surface area contributed by atoms with Crippen LogP contribution in [-0.4, -0.2) is 22.4 Å². The van der Waals surface area contributed by atoms with E-state index in [0.717, 1.165) is 48.9 Å². The van der Waals surface area contributed by atoms with E-state index < -0.39 is 0 Å². The molecule has 162 valence electrons. The molecule has 2 aromatic rings. The molecule has 0 aliphatic heterocycles.